The second kappa shape index (κ2) is 8.41. The fourth-order valence-corrected chi connectivity index (χ4v) is 3.56. The molecule has 4 rings (SSSR count). The molecule has 160 valence electrons. The highest BCUT2D eigenvalue weighted by atomic mass is 35.5. The zero-order chi connectivity index (χ0) is 23.0. The van der Waals surface area contributed by atoms with Crippen LogP contribution in [0.1, 0.15) is 36.6 Å². The minimum absolute atomic E-state index is 0.0273. The quantitative estimate of drug-likeness (QED) is 0.223. The Kier molecular flexibility index (Phi) is 5.65. The van der Waals surface area contributed by atoms with Gasteiger partial charge in [0, 0.05) is 6.07 Å². The van der Waals surface area contributed by atoms with Crippen LogP contribution in [0.2, 0.25) is 10.0 Å². The summed E-state index contributed by atoms with van der Waals surface area (Å²) in [7, 11) is 0. The fourth-order valence-electron chi connectivity index (χ4n) is 3.26. The van der Waals surface area contributed by atoms with Gasteiger partial charge >= 0.3 is 5.97 Å². The van der Waals surface area contributed by atoms with Crippen LogP contribution in [0, 0.1) is 10.1 Å². The number of anilines is 1. The van der Waals surface area contributed by atoms with E-state index >= 15 is 0 Å². The van der Waals surface area contributed by atoms with Crippen LogP contribution in [0.3, 0.4) is 0 Å². The van der Waals surface area contributed by atoms with Gasteiger partial charge < -0.3 is 4.74 Å². The number of hydrogen-bond acceptors (Lipinski definition) is 6. The van der Waals surface area contributed by atoms with Crippen molar-refractivity contribution in [1.29, 1.82) is 0 Å². The molecule has 10 heteroatoms. The lowest BCUT2D eigenvalue weighted by Gasteiger charge is -2.14. The molecule has 1 aliphatic heterocycles. The molecule has 1 aliphatic rings. The summed E-state index contributed by atoms with van der Waals surface area (Å²) in [6.45, 7) is -0.324. The molecule has 32 heavy (non-hydrogen) atoms. The number of carbonyl (C=O) groups excluding carboxylic acids is 3. The number of carbonyl (C=O) groups is 3. The average molecular weight is 471 g/mol. The van der Waals surface area contributed by atoms with E-state index in [0.29, 0.717) is 0 Å². The monoisotopic (exact) mass is 470 g/mol. The molecule has 0 aliphatic carbocycles. The molecule has 0 saturated carbocycles. The van der Waals surface area contributed by atoms with Crippen LogP contribution in [0.25, 0.3) is 0 Å². The van der Waals surface area contributed by atoms with Crippen molar-refractivity contribution in [2.45, 2.75) is 6.61 Å². The number of esters is 1. The summed E-state index contributed by atoms with van der Waals surface area (Å²) in [6.07, 6.45) is 0. The summed E-state index contributed by atoms with van der Waals surface area (Å²) in [5.41, 5.74) is 0.472. The second-order valence-electron chi connectivity index (χ2n) is 6.77. The van der Waals surface area contributed by atoms with Gasteiger partial charge in [0.15, 0.2) is 0 Å². The minimum atomic E-state index is -0.792. The van der Waals surface area contributed by atoms with Gasteiger partial charge in [-0.2, -0.15) is 0 Å². The molecule has 0 saturated heterocycles. The van der Waals surface area contributed by atoms with Gasteiger partial charge in [0.1, 0.15) is 6.61 Å². The van der Waals surface area contributed by atoms with E-state index in [1.807, 2.05) is 0 Å². The van der Waals surface area contributed by atoms with Crippen LogP contribution in [0.15, 0.2) is 60.7 Å². The van der Waals surface area contributed by atoms with E-state index in [-0.39, 0.29) is 50.3 Å². The Hall–Kier alpha value is -3.75. The number of halogens is 2. The largest absolute Gasteiger partial charge is 0.457 e. The van der Waals surface area contributed by atoms with Crippen LogP contribution in [0.4, 0.5) is 11.4 Å². The van der Waals surface area contributed by atoms with Crippen molar-refractivity contribution < 1.29 is 24.0 Å². The van der Waals surface area contributed by atoms with Gasteiger partial charge in [-0.05, 0) is 42.5 Å². The lowest BCUT2D eigenvalue weighted by Crippen LogP contribution is -2.29. The van der Waals surface area contributed by atoms with Crippen molar-refractivity contribution in [2.75, 3.05) is 4.90 Å². The van der Waals surface area contributed by atoms with E-state index in [4.69, 9.17) is 27.9 Å². The number of imide groups is 1. The third kappa shape index (κ3) is 3.81. The Morgan fingerprint density at radius 2 is 1.66 bits per heavy atom. The van der Waals surface area contributed by atoms with E-state index in [2.05, 4.69) is 0 Å². The first-order valence-electron chi connectivity index (χ1n) is 9.15. The number of nitro benzene ring substituents is 1. The molecule has 0 aromatic heterocycles. The molecule has 0 bridgehead atoms. The van der Waals surface area contributed by atoms with E-state index in [1.54, 1.807) is 6.07 Å². The molecule has 3 aromatic rings. The van der Waals surface area contributed by atoms with Gasteiger partial charge in [0.2, 0.25) is 0 Å². The molecule has 3 aromatic carbocycles. The van der Waals surface area contributed by atoms with E-state index in [1.165, 1.54) is 54.6 Å². The lowest BCUT2D eigenvalue weighted by molar-refractivity contribution is -0.385. The number of ether oxygens (including phenoxy) is 1. The Morgan fingerprint density at radius 1 is 0.938 bits per heavy atom. The number of fused-ring (bicyclic) bond motifs is 1. The second-order valence-corrected chi connectivity index (χ2v) is 7.58. The van der Waals surface area contributed by atoms with Crippen LogP contribution in [0.5, 0.6) is 0 Å². The highest BCUT2D eigenvalue weighted by Crippen LogP contribution is 2.33. The highest BCUT2D eigenvalue weighted by molar-refractivity contribution is 6.42. The summed E-state index contributed by atoms with van der Waals surface area (Å²) >= 11 is 11.9. The summed E-state index contributed by atoms with van der Waals surface area (Å²) in [4.78, 5) is 49.6. The van der Waals surface area contributed by atoms with Crippen molar-refractivity contribution in [3.8, 4) is 0 Å². The van der Waals surface area contributed by atoms with Gasteiger partial charge in [0.05, 0.1) is 42.9 Å². The van der Waals surface area contributed by atoms with Crippen molar-refractivity contribution in [3.05, 3.63) is 103 Å². The Morgan fingerprint density at radius 3 is 2.38 bits per heavy atom. The standard InChI is InChI=1S/C22H12Cl2N2O6/c23-17-8-6-14(10-18(17)24)25-20(27)15-7-5-12(9-16(15)21(25)28)22(29)32-11-13-3-1-2-4-19(13)26(30)31/h1-10H,11H2. The normalized spacial score (nSPS) is 12.6. The molecule has 0 N–H and O–H groups in total. The Bertz CT molecular complexity index is 1310. The zero-order valence-corrected chi connectivity index (χ0v) is 17.6. The lowest BCUT2D eigenvalue weighted by atomic mass is 10.1. The topological polar surface area (TPSA) is 107 Å². The third-order valence-electron chi connectivity index (χ3n) is 4.83. The number of benzene rings is 3. The number of hydrogen-bond donors (Lipinski definition) is 0. The smallest absolute Gasteiger partial charge is 0.338 e. The zero-order valence-electron chi connectivity index (χ0n) is 16.1. The van der Waals surface area contributed by atoms with Crippen LogP contribution in [-0.4, -0.2) is 22.7 Å². The van der Waals surface area contributed by atoms with Gasteiger partial charge in [0.25, 0.3) is 17.5 Å². The Balaban J connectivity index is 1.57. The first-order chi connectivity index (χ1) is 15.3. The number of para-hydroxylation sites is 1. The number of amides is 2. The molecule has 0 radical (unpaired) electrons. The van der Waals surface area contributed by atoms with Crippen molar-refractivity contribution in [3.63, 3.8) is 0 Å². The Labute approximate surface area is 191 Å². The maximum absolute atomic E-state index is 12.9. The van der Waals surface area contributed by atoms with E-state index < -0.39 is 22.7 Å². The molecule has 0 fully saturated rings. The number of rotatable bonds is 5. The molecule has 2 amide bonds. The predicted octanol–water partition coefficient (Wildman–Crippen LogP) is 5.06. The SMILES string of the molecule is O=C(OCc1ccccc1[N+](=O)[O-])c1ccc2c(c1)C(=O)N(c1ccc(Cl)c(Cl)c1)C2=O. The fraction of sp³-hybridized carbons (Fsp3) is 0.0455. The van der Waals surface area contributed by atoms with Gasteiger partial charge in [-0.3, -0.25) is 19.7 Å². The van der Waals surface area contributed by atoms with Crippen molar-refractivity contribution in [2.24, 2.45) is 0 Å². The van der Waals surface area contributed by atoms with Crippen LogP contribution in [-0.2, 0) is 11.3 Å². The molecule has 0 atom stereocenters. The van der Waals surface area contributed by atoms with Crippen molar-refractivity contribution in [1.82, 2.24) is 0 Å². The predicted molar refractivity (Wildman–Crippen MR) is 116 cm³/mol. The summed E-state index contributed by atoms with van der Waals surface area (Å²) < 4.78 is 5.18. The molecule has 0 unspecified atom stereocenters. The molecule has 0 spiro atoms. The third-order valence-corrected chi connectivity index (χ3v) is 5.57. The average Bonchev–Trinajstić information content (AvgIpc) is 3.03. The summed E-state index contributed by atoms with van der Waals surface area (Å²) in [6, 6.07) is 14.2. The van der Waals surface area contributed by atoms with Crippen molar-refractivity contribution >= 4 is 52.4 Å². The van der Waals surface area contributed by atoms with Crippen LogP contribution < -0.4 is 4.90 Å². The van der Waals surface area contributed by atoms with Crippen LogP contribution >= 0.6 is 23.2 Å². The number of nitro groups is 1. The minimum Gasteiger partial charge on any atom is -0.457 e. The highest BCUT2D eigenvalue weighted by Gasteiger charge is 2.37. The maximum Gasteiger partial charge on any atom is 0.338 e. The molecular formula is C22H12Cl2N2O6. The summed E-state index contributed by atoms with van der Waals surface area (Å²) in [5, 5.41) is 11.5. The first-order valence-corrected chi connectivity index (χ1v) is 9.91. The van der Waals surface area contributed by atoms with Gasteiger partial charge in [-0.15, -0.1) is 0 Å². The van der Waals surface area contributed by atoms with Gasteiger partial charge in [-0.1, -0.05) is 35.3 Å². The summed E-state index contributed by atoms with van der Waals surface area (Å²) in [5.74, 6) is -1.99. The van der Waals surface area contributed by atoms with E-state index in [9.17, 15) is 24.5 Å². The maximum atomic E-state index is 12.9. The first kappa shape index (κ1) is 21.5. The molecule has 8 nitrogen and oxygen atoms in total. The molecular weight excluding hydrogens is 459 g/mol. The number of nitrogens with zero attached hydrogens (tertiary/aromatic N) is 2. The van der Waals surface area contributed by atoms with Gasteiger partial charge in [-0.25, -0.2) is 9.69 Å². The van der Waals surface area contributed by atoms with E-state index in [0.717, 1.165) is 4.90 Å². The molecule has 1 heterocycles.